The minimum absolute atomic E-state index is 0.0417. The summed E-state index contributed by atoms with van der Waals surface area (Å²) in [6, 6.07) is 4.74. The van der Waals surface area contributed by atoms with Crippen molar-refractivity contribution in [1.82, 2.24) is 19.7 Å². The normalized spacial score (nSPS) is 10.8. The largest absolute Gasteiger partial charge is 0.478 e. The molecule has 0 aliphatic rings. The van der Waals surface area contributed by atoms with Crippen LogP contribution >= 0.6 is 15.9 Å². The fourth-order valence-electron chi connectivity index (χ4n) is 1.88. The lowest BCUT2D eigenvalue weighted by Crippen LogP contribution is -2.01. The Morgan fingerprint density at radius 2 is 2.19 bits per heavy atom. The zero-order valence-corrected chi connectivity index (χ0v) is 12.4. The molecule has 21 heavy (non-hydrogen) atoms. The van der Waals surface area contributed by atoms with Crippen molar-refractivity contribution >= 4 is 32.9 Å². The zero-order chi connectivity index (χ0) is 15.0. The first-order valence-electron chi connectivity index (χ1n) is 5.89. The van der Waals surface area contributed by atoms with Gasteiger partial charge in [-0.2, -0.15) is 5.10 Å². The van der Waals surface area contributed by atoms with Crippen LogP contribution in [-0.2, 0) is 7.05 Å². The number of aromatic carboxylic acids is 1. The van der Waals surface area contributed by atoms with Gasteiger partial charge in [-0.15, -0.1) is 0 Å². The van der Waals surface area contributed by atoms with Gasteiger partial charge >= 0.3 is 5.97 Å². The molecule has 7 nitrogen and oxygen atoms in total. The van der Waals surface area contributed by atoms with Crippen LogP contribution in [0.25, 0.3) is 11.0 Å². The SMILES string of the molecule is Cn1ncc2c(Oc3ccc(Br)cc3C(=O)O)ncnc21. The number of benzene rings is 1. The summed E-state index contributed by atoms with van der Waals surface area (Å²) in [7, 11) is 1.75. The van der Waals surface area contributed by atoms with Crippen molar-refractivity contribution in [2.45, 2.75) is 0 Å². The predicted octanol–water partition coefficient (Wildman–Crippen LogP) is 2.62. The molecule has 2 aromatic heterocycles. The van der Waals surface area contributed by atoms with Crippen LogP contribution in [0.1, 0.15) is 10.4 Å². The Labute approximate surface area is 127 Å². The second-order valence-electron chi connectivity index (χ2n) is 4.23. The maximum Gasteiger partial charge on any atom is 0.339 e. The number of nitrogens with zero attached hydrogens (tertiary/aromatic N) is 4. The Hall–Kier alpha value is -2.48. The molecule has 2 heterocycles. The van der Waals surface area contributed by atoms with E-state index in [1.165, 1.54) is 12.4 Å². The lowest BCUT2D eigenvalue weighted by Gasteiger charge is -2.08. The molecule has 0 bridgehead atoms. The molecule has 0 fully saturated rings. The second-order valence-corrected chi connectivity index (χ2v) is 5.15. The third-order valence-electron chi connectivity index (χ3n) is 2.87. The van der Waals surface area contributed by atoms with Gasteiger partial charge in [-0.05, 0) is 18.2 Å². The highest BCUT2D eigenvalue weighted by molar-refractivity contribution is 9.10. The molecule has 0 amide bonds. The van der Waals surface area contributed by atoms with Crippen molar-refractivity contribution in [2.24, 2.45) is 7.05 Å². The Bertz CT molecular complexity index is 847. The molecule has 0 unspecified atom stereocenters. The summed E-state index contributed by atoms with van der Waals surface area (Å²) in [5.41, 5.74) is 0.647. The number of fused-ring (bicyclic) bond motifs is 1. The van der Waals surface area contributed by atoms with Crippen LogP contribution in [0.3, 0.4) is 0 Å². The number of hydrogen-bond donors (Lipinski definition) is 1. The molecule has 0 saturated heterocycles. The third-order valence-corrected chi connectivity index (χ3v) is 3.36. The first kappa shape index (κ1) is 13.5. The van der Waals surface area contributed by atoms with E-state index in [1.54, 1.807) is 30.1 Å². The van der Waals surface area contributed by atoms with E-state index in [2.05, 4.69) is 31.0 Å². The molecular weight excluding hydrogens is 340 g/mol. The van der Waals surface area contributed by atoms with Gasteiger partial charge in [0.15, 0.2) is 5.65 Å². The van der Waals surface area contributed by atoms with Crippen molar-refractivity contribution in [1.29, 1.82) is 0 Å². The van der Waals surface area contributed by atoms with Crippen LogP contribution in [-0.4, -0.2) is 30.8 Å². The number of carboxylic acid groups (broad SMARTS) is 1. The zero-order valence-electron chi connectivity index (χ0n) is 10.8. The number of ether oxygens (including phenoxy) is 1. The summed E-state index contributed by atoms with van der Waals surface area (Å²) in [6.45, 7) is 0. The highest BCUT2D eigenvalue weighted by atomic mass is 79.9. The summed E-state index contributed by atoms with van der Waals surface area (Å²) < 4.78 is 7.89. The standard InChI is InChI=1S/C13H9BrN4O3/c1-18-11-9(5-17-18)12(16-6-15-11)21-10-3-2-7(14)4-8(10)13(19)20/h2-6H,1H3,(H,19,20). The van der Waals surface area contributed by atoms with E-state index in [0.29, 0.717) is 15.5 Å². The fraction of sp³-hybridized carbons (Fsp3) is 0.0769. The molecule has 3 aromatic rings. The van der Waals surface area contributed by atoms with Gasteiger partial charge in [-0.25, -0.2) is 14.8 Å². The molecule has 0 atom stereocenters. The predicted molar refractivity (Wildman–Crippen MR) is 77.5 cm³/mol. The number of aromatic nitrogens is 4. The van der Waals surface area contributed by atoms with Gasteiger partial charge in [0.1, 0.15) is 23.0 Å². The molecule has 0 spiro atoms. The number of carbonyl (C=O) groups is 1. The lowest BCUT2D eigenvalue weighted by molar-refractivity contribution is 0.0694. The molecule has 1 N–H and O–H groups in total. The monoisotopic (exact) mass is 348 g/mol. The Morgan fingerprint density at radius 3 is 2.95 bits per heavy atom. The van der Waals surface area contributed by atoms with E-state index in [-0.39, 0.29) is 17.2 Å². The van der Waals surface area contributed by atoms with E-state index < -0.39 is 5.97 Å². The second kappa shape index (κ2) is 5.13. The van der Waals surface area contributed by atoms with Crippen LogP contribution in [0.15, 0.2) is 35.2 Å². The minimum atomic E-state index is -1.08. The quantitative estimate of drug-likeness (QED) is 0.782. The van der Waals surface area contributed by atoms with Gasteiger partial charge in [-0.3, -0.25) is 4.68 Å². The maximum atomic E-state index is 11.3. The van der Waals surface area contributed by atoms with Gasteiger partial charge < -0.3 is 9.84 Å². The van der Waals surface area contributed by atoms with Crippen LogP contribution in [0.2, 0.25) is 0 Å². The molecule has 3 rings (SSSR count). The van der Waals surface area contributed by atoms with Crippen LogP contribution in [0.5, 0.6) is 11.6 Å². The van der Waals surface area contributed by atoms with Crippen LogP contribution in [0.4, 0.5) is 0 Å². The van der Waals surface area contributed by atoms with Crippen molar-refractivity contribution in [3.05, 3.63) is 40.8 Å². The highest BCUT2D eigenvalue weighted by Gasteiger charge is 2.16. The topological polar surface area (TPSA) is 90.1 Å². The molecule has 0 aliphatic carbocycles. The van der Waals surface area contributed by atoms with E-state index in [9.17, 15) is 9.90 Å². The molecular formula is C13H9BrN4O3. The van der Waals surface area contributed by atoms with Crippen molar-refractivity contribution in [3.63, 3.8) is 0 Å². The first-order valence-corrected chi connectivity index (χ1v) is 6.69. The van der Waals surface area contributed by atoms with Gasteiger partial charge in [-0.1, -0.05) is 15.9 Å². The van der Waals surface area contributed by atoms with Crippen molar-refractivity contribution < 1.29 is 14.6 Å². The van der Waals surface area contributed by atoms with E-state index in [1.807, 2.05) is 0 Å². The molecule has 0 saturated carbocycles. The number of aryl methyl sites for hydroxylation is 1. The molecule has 1 aromatic carbocycles. The lowest BCUT2D eigenvalue weighted by atomic mass is 10.2. The molecule has 106 valence electrons. The number of carboxylic acids is 1. The third kappa shape index (κ3) is 2.45. The van der Waals surface area contributed by atoms with Gasteiger partial charge in [0, 0.05) is 11.5 Å². The van der Waals surface area contributed by atoms with Crippen molar-refractivity contribution in [3.8, 4) is 11.6 Å². The smallest absolute Gasteiger partial charge is 0.339 e. The summed E-state index contributed by atoms with van der Waals surface area (Å²) in [4.78, 5) is 19.4. The average Bonchev–Trinajstić information content (AvgIpc) is 2.83. The van der Waals surface area contributed by atoms with Crippen molar-refractivity contribution in [2.75, 3.05) is 0 Å². The Morgan fingerprint density at radius 1 is 1.38 bits per heavy atom. The van der Waals surface area contributed by atoms with Gasteiger partial charge in [0.05, 0.1) is 6.20 Å². The summed E-state index contributed by atoms with van der Waals surface area (Å²) in [5, 5.41) is 13.9. The van der Waals surface area contributed by atoms with Gasteiger partial charge in [0.25, 0.3) is 0 Å². The summed E-state index contributed by atoms with van der Waals surface area (Å²) >= 11 is 3.24. The maximum absolute atomic E-state index is 11.3. The first-order chi connectivity index (χ1) is 10.1. The van der Waals surface area contributed by atoms with E-state index >= 15 is 0 Å². The fourth-order valence-corrected chi connectivity index (χ4v) is 2.25. The summed E-state index contributed by atoms with van der Waals surface area (Å²) in [6.07, 6.45) is 2.92. The van der Waals surface area contributed by atoms with E-state index in [0.717, 1.165) is 0 Å². The van der Waals surface area contributed by atoms with Crippen LogP contribution in [0, 0.1) is 0 Å². The Balaban J connectivity index is 2.09. The molecule has 8 heteroatoms. The Kier molecular flexibility index (Phi) is 3.30. The average molecular weight is 349 g/mol. The van der Waals surface area contributed by atoms with E-state index in [4.69, 9.17) is 4.74 Å². The number of halogens is 1. The molecule has 0 radical (unpaired) electrons. The summed E-state index contributed by atoms with van der Waals surface area (Å²) in [5.74, 6) is -0.615. The van der Waals surface area contributed by atoms with Gasteiger partial charge in [0.2, 0.25) is 5.88 Å². The highest BCUT2D eigenvalue weighted by Crippen LogP contribution is 2.30. The number of rotatable bonds is 3. The molecule has 0 aliphatic heterocycles. The van der Waals surface area contributed by atoms with Crippen LogP contribution < -0.4 is 4.74 Å². The number of hydrogen-bond acceptors (Lipinski definition) is 5. The minimum Gasteiger partial charge on any atom is -0.478 e.